The van der Waals surface area contributed by atoms with Crippen LogP contribution in [0.2, 0.25) is 5.02 Å². The zero-order chi connectivity index (χ0) is 14.2. The summed E-state index contributed by atoms with van der Waals surface area (Å²) in [6.45, 7) is 0.323. The summed E-state index contributed by atoms with van der Waals surface area (Å²) in [4.78, 5) is 11.7. The number of urea groups is 1. The molecule has 0 aliphatic heterocycles. The largest absolute Gasteiger partial charge is 0.335 e. The number of hydrogen-bond donors (Lipinski definition) is 2. The Morgan fingerprint density at radius 1 is 1.25 bits per heavy atom. The number of amides is 2. The van der Waals surface area contributed by atoms with E-state index in [1.807, 2.05) is 18.2 Å². The average molecular weight is 291 g/mol. The molecule has 20 heavy (non-hydrogen) atoms. The van der Waals surface area contributed by atoms with E-state index in [0.717, 1.165) is 18.4 Å². The molecule has 1 aromatic carbocycles. The average Bonchev–Trinajstić information content (AvgIpc) is 2.46. The number of hydrogen-bond acceptors (Lipinski definition) is 1. The lowest BCUT2D eigenvalue weighted by molar-refractivity contribution is 0.234. The molecule has 0 unspecified atom stereocenters. The lowest BCUT2D eigenvalue weighted by Gasteiger charge is -2.22. The lowest BCUT2D eigenvalue weighted by atomic mass is 9.96. The third-order valence-corrected chi connectivity index (χ3v) is 3.70. The van der Waals surface area contributed by atoms with Gasteiger partial charge in [-0.15, -0.1) is 0 Å². The molecular formula is C16H19ClN2O. The molecule has 4 heteroatoms. The Balaban J connectivity index is 1.73. The molecule has 0 saturated heterocycles. The molecule has 1 fully saturated rings. The van der Waals surface area contributed by atoms with Crippen LogP contribution in [-0.4, -0.2) is 18.6 Å². The zero-order valence-corrected chi connectivity index (χ0v) is 12.2. The minimum Gasteiger partial charge on any atom is -0.335 e. The van der Waals surface area contributed by atoms with Gasteiger partial charge in [-0.3, -0.25) is 0 Å². The second-order valence-electron chi connectivity index (χ2n) is 4.94. The molecule has 0 atom stereocenters. The number of halogens is 1. The first kappa shape index (κ1) is 14.7. The summed E-state index contributed by atoms with van der Waals surface area (Å²) >= 11 is 5.99. The molecule has 2 N–H and O–H groups in total. The van der Waals surface area contributed by atoms with E-state index in [0.29, 0.717) is 17.6 Å². The minimum absolute atomic E-state index is 0.134. The summed E-state index contributed by atoms with van der Waals surface area (Å²) in [6, 6.07) is 7.60. The van der Waals surface area contributed by atoms with E-state index < -0.39 is 0 Å². The normalized spacial score (nSPS) is 15.1. The highest BCUT2D eigenvalue weighted by atomic mass is 35.5. The second-order valence-corrected chi connectivity index (χ2v) is 5.35. The molecule has 1 saturated carbocycles. The molecule has 0 radical (unpaired) electrons. The van der Waals surface area contributed by atoms with Crippen molar-refractivity contribution >= 4 is 17.6 Å². The van der Waals surface area contributed by atoms with Gasteiger partial charge in [-0.2, -0.15) is 0 Å². The fraction of sp³-hybridized carbons (Fsp3) is 0.438. The van der Waals surface area contributed by atoms with E-state index in [1.54, 1.807) is 6.07 Å². The van der Waals surface area contributed by atoms with Crippen molar-refractivity contribution in [2.45, 2.75) is 38.1 Å². The van der Waals surface area contributed by atoms with Crippen LogP contribution >= 0.6 is 11.6 Å². The predicted molar refractivity (Wildman–Crippen MR) is 81.7 cm³/mol. The number of carbonyl (C=O) groups excluding carboxylic acids is 1. The van der Waals surface area contributed by atoms with Gasteiger partial charge >= 0.3 is 6.03 Å². The molecule has 0 spiro atoms. The van der Waals surface area contributed by atoms with Crippen molar-refractivity contribution in [2.24, 2.45) is 0 Å². The number of rotatable bonds is 2. The lowest BCUT2D eigenvalue weighted by Crippen LogP contribution is -2.42. The molecule has 106 valence electrons. The number of nitrogens with one attached hydrogen (secondary N) is 2. The summed E-state index contributed by atoms with van der Waals surface area (Å²) in [6.07, 6.45) is 5.86. The van der Waals surface area contributed by atoms with Crippen LogP contribution in [0.3, 0.4) is 0 Å². The molecule has 3 nitrogen and oxygen atoms in total. The first-order chi connectivity index (χ1) is 9.75. The predicted octanol–water partition coefficient (Wildman–Crippen LogP) is 3.32. The van der Waals surface area contributed by atoms with Crippen LogP contribution in [-0.2, 0) is 0 Å². The van der Waals surface area contributed by atoms with Crippen molar-refractivity contribution in [1.29, 1.82) is 0 Å². The first-order valence-corrected chi connectivity index (χ1v) is 7.41. The smallest absolute Gasteiger partial charge is 0.315 e. The third-order valence-electron chi connectivity index (χ3n) is 3.37. The van der Waals surface area contributed by atoms with Gasteiger partial charge in [0.05, 0.1) is 11.6 Å². The van der Waals surface area contributed by atoms with Crippen molar-refractivity contribution < 1.29 is 4.79 Å². The fourth-order valence-electron chi connectivity index (χ4n) is 2.31. The Bertz CT molecular complexity index is 513. The van der Waals surface area contributed by atoms with E-state index in [9.17, 15) is 4.79 Å². The first-order valence-electron chi connectivity index (χ1n) is 7.03. The Morgan fingerprint density at radius 2 is 2.00 bits per heavy atom. The van der Waals surface area contributed by atoms with Crippen molar-refractivity contribution in [3.63, 3.8) is 0 Å². The highest BCUT2D eigenvalue weighted by Gasteiger charge is 2.14. The van der Waals surface area contributed by atoms with Gasteiger partial charge in [0.1, 0.15) is 0 Å². The maximum atomic E-state index is 11.7. The highest BCUT2D eigenvalue weighted by Crippen LogP contribution is 2.17. The van der Waals surface area contributed by atoms with Gasteiger partial charge in [0.2, 0.25) is 0 Å². The molecule has 1 aromatic rings. The third kappa shape index (κ3) is 4.79. The van der Waals surface area contributed by atoms with E-state index in [1.165, 1.54) is 19.3 Å². The Labute approximate surface area is 125 Å². The van der Waals surface area contributed by atoms with Gasteiger partial charge in [0, 0.05) is 11.6 Å². The SMILES string of the molecule is O=C(NCC#Cc1ccccc1Cl)NC1CCCCC1. The molecule has 1 aliphatic rings. The van der Waals surface area contributed by atoms with Crippen molar-refractivity contribution in [3.8, 4) is 11.8 Å². The maximum Gasteiger partial charge on any atom is 0.315 e. The van der Waals surface area contributed by atoms with Crippen LogP contribution in [0.15, 0.2) is 24.3 Å². The second kappa shape index (κ2) is 7.81. The fourth-order valence-corrected chi connectivity index (χ4v) is 2.49. The van der Waals surface area contributed by atoms with Crippen molar-refractivity contribution in [2.75, 3.05) is 6.54 Å². The van der Waals surface area contributed by atoms with Gasteiger partial charge in [0.25, 0.3) is 0 Å². The topological polar surface area (TPSA) is 41.1 Å². The summed E-state index contributed by atoms with van der Waals surface area (Å²) in [5.41, 5.74) is 0.781. The molecule has 1 aliphatic carbocycles. The van der Waals surface area contributed by atoms with Gasteiger partial charge in [-0.25, -0.2) is 4.79 Å². The summed E-state index contributed by atoms with van der Waals surface area (Å²) in [7, 11) is 0. The summed E-state index contributed by atoms with van der Waals surface area (Å²) < 4.78 is 0. The molecule has 0 heterocycles. The molecule has 0 bridgehead atoms. The Hall–Kier alpha value is -1.66. The van der Waals surface area contributed by atoms with Crippen molar-refractivity contribution in [3.05, 3.63) is 34.9 Å². The van der Waals surface area contributed by atoms with E-state index in [4.69, 9.17) is 11.6 Å². The van der Waals surface area contributed by atoms with Crippen LogP contribution in [0.4, 0.5) is 4.79 Å². The van der Waals surface area contributed by atoms with Crippen LogP contribution in [0.1, 0.15) is 37.7 Å². The van der Waals surface area contributed by atoms with Crippen LogP contribution in [0.5, 0.6) is 0 Å². The molecule has 0 aromatic heterocycles. The molecular weight excluding hydrogens is 272 g/mol. The van der Waals surface area contributed by atoms with Gasteiger partial charge in [-0.05, 0) is 25.0 Å². The standard InChI is InChI=1S/C16H19ClN2O/c17-15-11-5-4-7-13(15)8-6-12-18-16(20)19-14-9-2-1-3-10-14/h4-5,7,11,14H,1-3,9-10,12H2,(H2,18,19,20). The van der Waals surface area contributed by atoms with E-state index in [-0.39, 0.29) is 6.03 Å². The van der Waals surface area contributed by atoms with Crippen LogP contribution in [0, 0.1) is 11.8 Å². The minimum atomic E-state index is -0.134. The monoisotopic (exact) mass is 290 g/mol. The Morgan fingerprint density at radius 3 is 2.75 bits per heavy atom. The summed E-state index contributed by atoms with van der Waals surface area (Å²) in [5, 5.41) is 6.37. The number of benzene rings is 1. The quantitative estimate of drug-likeness (QED) is 0.806. The molecule has 2 amide bonds. The van der Waals surface area contributed by atoms with E-state index >= 15 is 0 Å². The summed E-state index contributed by atoms with van der Waals surface area (Å²) in [5.74, 6) is 5.85. The van der Waals surface area contributed by atoms with Gasteiger partial charge in [0.15, 0.2) is 0 Å². The van der Waals surface area contributed by atoms with Crippen LogP contribution in [0.25, 0.3) is 0 Å². The Kier molecular flexibility index (Phi) is 5.76. The van der Waals surface area contributed by atoms with Gasteiger partial charge in [-0.1, -0.05) is 54.8 Å². The molecule has 2 rings (SSSR count). The van der Waals surface area contributed by atoms with Gasteiger partial charge < -0.3 is 10.6 Å². The van der Waals surface area contributed by atoms with Crippen molar-refractivity contribution in [1.82, 2.24) is 10.6 Å². The van der Waals surface area contributed by atoms with E-state index in [2.05, 4.69) is 22.5 Å². The van der Waals surface area contributed by atoms with Crippen LogP contribution < -0.4 is 10.6 Å². The zero-order valence-electron chi connectivity index (χ0n) is 11.4. The highest BCUT2D eigenvalue weighted by molar-refractivity contribution is 6.31. The number of carbonyl (C=O) groups is 1. The maximum absolute atomic E-state index is 11.7.